The van der Waals surface area contributed by atoms with E-state index in [1.54, 1.807) is 0 Å². The molecule has 2 rings (SSSR count). The molecule has 2 unspecified atom stereocenters. The fraction of sp³-hybridized carbons (Fsp3) is 0.882. The van der Waals surface area contributed by atoms with Gasteiger partial charge in [0.2, 0.25) is 0 Å². The van der Waals surface area contributed by atoms with E-state index in [1.807, 2.05) is 0 Å². The van der Waals surface area contributed by atoms with E-state index in [4.69, 9.17) is 0 Å². The molecule has 0 aromatic heterocycles. The first-order valence-corrected chi connectivity index (χ1v) is 7.26. The van der Waals surface area contributed by atoms with Gasteiger partial charge in [0, 0.05) is 6.54 Å². The van der Waals surface area contributed by atoms with Crippen molar-refractivity contribution in [2.75, 3.05) is 20.6 Å². The van der Waals surface area contributed by atoms with E-state index in [-0.39, 0.29) is 31.9 Å². The van der Waals surface area contributed by atoms with Crippen LogP contribution in [0.25, 0.3) is 0 Å². The first-order chi connectivity index (χ1) is 7.61. The third-order valence-electron chi connectivity index (χ3n) is 4.37. The number of rotatable bonds is 2. The summed E-state index contributed by atoms with van der Waals surface area (Å²) >= 11 is 0. The van der Waals surface area contributed by atoms with Crippen LogP contribution < -0.4 is 0 Å². The van der Waals surface area contributed by atoms with Crippen LogP contribution in [0.1, 0.15) is 58.8 Å². The van der Waals surface area contributed by atoms with Gasteiger partial charge < -0.3 is 19.8 Å². The first kappa shape index (κ1) is 24.5. The Balaban J connectivity index is -0.000000277. The SMILES string of the molecule is C1CCCC1.CC1CCC(C)C1CN(C)C.[CH3-].[CH3-].[Fe+2]. The van der Waals surface area contributed by atoms with E-state index in [2.05, 4.69) is 32.8 Å². The predicted molar refractivity (Wildman–Crippen MR) is 85.5 cm³/mol. The molecule has 0 radical (unpaired) electrons. The van der Waals surface area contributed by atoms with Gasteiger partial charge in [-0.05, 0) is 31.8 Å². The zero-order chi connectivity index (χ0) is 12.0. The van der Waals surface area contributed by atoms with Gasteiger partial charge in [-0.25, -0.2) is 0 Å². The summed E-state index contributed by atoms with van der Waals surface area (Å²) in [6, 6.07) is 0. The second kappa shape index (κ2) is 13.5. The molecule has 0 bridgehead atoms. The van der Waals surface area contributed by atoms with Gasteiger partial charge in [-0.2, -0.15) is 0 Å². The minimum absolute atomic E-state index is 0. The van der Waals surface area contributed by atoms with Crippen molar-refractivity contribution in [1.82, 2.24) is 4.90 Å². The van der Waals surface area contributed by atoms with E-state index >= 15 is 0 Å². The average Bonchev–Trinajstić information content (AvgIpc) is 2.86. The molecule has 0 aromatic rings. The fourth-order valence-electron chi connectivity index (χ4n) is 3.18. The van der Waals surface area contributed by atoms with Gasteiger partial charge in [-0.15, -0.1) is 0 Å². The Kier molecular flexibility index (Phi) is 17.4. The molecule has 2 aliphatic carbocycles. The smallest absolute Gasteiger partial charge is 0.358 e. The Labute approximate surface area is 134 Å². The molecule has 2 fully saturated rings. The summed E-state index contributed by atoms with van der Waals surface area (Å²) < 4.78 is 0. The normalized spacial score (nSPS) is 28.6. The van der Waals surface area contributed by atoms with Crippen LogP contribution >= 0.6 is 0 Å². The Bertz CT molecular complexity index is 160. The molecule has 19 heavy (non-hydrogen) atoms. The standard InChI is InChI=1S/C10H21N.C5H10.2CH3.Fe/c1-8-5-6-9(2)10(8)7-11(3)4;1-2-4-5-3-1;;;/h8-10H,5-7H2,1-4H3;1-5H2;2*1H3;/q;;2*-1;+2. The van der Waals surface area contributed by atoms with Crippen LogP contribution in [0.5, 0.6) is 0 Å². The molecule has 2 saturated carbocycles. The van der Waals surface area contributed by atoms with Crippen molar-refractivity contribution >= 4 is 0 Å². The summed E-state index contributed by atoms with van der Waals surface area (Å²) in [6.45, 7) is 6.08. The van der Waals surface area contributed by atoms with Gasteiger partial charge in [0.05, 0.1) is 0 Å². The molecule has 0 N–H and O–H groups in total. The number of hydrogen-bond donors (Lipinski definition) is 0. The van der Waals surface area contributed by atoms with Crippen LogP contribution in [0, 0.1) is 32.6 Å². The maximum Gasteiger partial charge on any atom is 2.00 e. The molecule has 2 atom stereocenters. The molecule has 0 heterocycles. The summed E-state index contributed by atoms with van der Waals surface area (Å²) in [5.41, 5.74) is 0. The number of nitrogens with zero attached hydrogens (tertiary/aromatic N) is 1. The Hall–Kier alpha value is 0.479. The molecular formula is C17H37FeN. The van der Waals surface area contributed by atoms with Gasteiger partial charge in [0.15, 0.2) is 0 Å². The Morgan fingerprint density at radius 2 is 1.11 bits per heavy atom. The zero-order valence-electron chi connectivity index (χ0n) is 14.2. The van der Waals surface area contributed by atoms with E-state index in [0.29, 0.717) is 0 Å². The Morgan fingerprint density at radius 3 is 1.37 bits per heavy atom. The van der Waals surface area contributed by atoms with Crippen LogP contribution in [0.15, 0.2) is 0 Å². The summed E-state index contributed by atoms with van der Waals surface area (Å²) in [5.74, 6) is 2.85. The fourth-order valence-corrected chi connectivity index (χ4v) is 3.18. The van der Waals surface area contributed by atoms with E-state index < -0.39 is 0 Å². The van der Waals surface area contributed by atoms with Crippen molar-refractivity contribution in [1.29, 1.82) is 0 Å². The van der Waals surface area contributed by atoms with Crippen molar-refractivity contribution < 1.29 is 17.1 Å². The summed E-state index contributed by atoms with van der Waals surface area (Å²) in [6.07, 6.45) is 10.4. The zero-order valence-corrected chi connectivity index (χ0v) is 15.3. The van der Waals surface area contributed by atoms with Gasteiger partial charge in [0.1, 0.15) is 0 Å². The first-order valence-electron chi connectivity index (χ1n) is 7.26. The molecule has 2 heteroatoms. The molecule has 0 aliphatic heterocycles. The van der Waals surface area contributed by atoms with Crippen LogP contribution in [0.4, 0.5) is 0 Å². The summed E-state index contributed by atoms with van der Waals surface area (Å²) in [7, 11) is 4.36. The Morgan fingerprint density at radius 1 is 0.789 bits per heavy atom. The van der Waals surface area contributed by atoms with Crippen molar-refractivity contribution in [2.45, 2.75) is 58.8 Å². The molecule has 2 aliphatic rings. The van der Waals surface area contributed by atoms with Crippen LogP contribution in [0.3, 0.4) is 0 Å². The van der Waals surface area contributed by atoms with E-state index in [1.165, 1.54) is 51.5 Å². The van der Waals surface area contributed by atoms with Crippen molar-refractivity contribution in [2.24, 2.45) is 17.8 Å². The van der Waals surface area contributed by atoms with E-state index in [9.17, 15) is 0 Å². The second-order valence-electron chi connectivity index (χ2n) is 6.23. The van der Waals surface area contributed by atoms with Gasteiger partial charge in [-0.3, -0.25) is 0 Å². The average molecular weight is 311 g/mol. The molecule has 0 spiro atoms. The van der Waals surface area contributed by atoms with Crippen LogP contribution in [-0.2, 0) is 17.1 Å². The maximum absolute atomic E-state index is 2.40. The quantitative estimate of drug-likeness (QED) is 0.508. The molecule has 0 amide bonds. The van der Waals surface area contributed by atoms with E-state index in [0.717, 1.165) is 17.8 Å². The topological polar surface area (TPSA) is 3.24 Å². The van der Waals surface area contributed by atoms with Crippen LogP contribution in [-0.4, -0.2) is 25.5 Å². The molecular weight excluding hydrogens is 274 g/mol. The summed E-state index contributed by atoms with van der Waals surface area (Å²) in [4.78, 5) is 2.32. The molecule has 1 nitrogen and oxygen atoms in total. The molecule has 0 saturated heterocycles. The van der Waals surface area contributed by atoms with Gasteiger partial charge in [-0.1, -0.05) is 58.8 Å². The second-order valence-corrected chi connectivity index (χ2v) is 6.23. The molecule has 118 valence electrons. The van der Waals surface area contributed by atoms with Gasteiger partial charge >= 0.3 is 17.1 Å². The maximum atomic E-state index is 2.40. The van der Waals surface area contributed by atoms with Gasteiger partial charge in [0.25, 0.3) is 0 Å². The minimum Gasteiger partial charge on any atom is -0.358 e. The predicted octanol–water partition coefficient (Wildman–Crippen LogP) is 5.08. The molecule has 0 aromatic carbocycles. The van der Waals surface area contributed by atoms with Crippen molar-refractivity contribution in [3.8, 4) is 0 Å². The third kappa shape index (κ3) is 9.93. The monoisotopic (exact) mass is 311 g/mol. The van der Waals surface area contributed by atoms with Crippen LogP contribution in [0.2, 0.25) is 0 Å². The largest absolute Gasteiger partial charge is 2.00 e. The van der Waals surface area contributed by atoms with Crippen molar-refractivity contribution in [3.63, 3.8) is 0 Å². The minimum atomic E-state index is 0. The number of hydrogen-bond acceptors (Lipinski definition) is 1. The summed E-state index contributed by atoms with van der Waals surface area (Å²) in [5, 5.41) is 0. The third-order valence-corrected chi connectivity index (χ3v) is 4.37. The van der Waals surface area contributed by atoms with Crippen molar-refractivity contribution in [3.05, 3.63) is 14.9 Å².